The Bertz CT molecular complexity index is 560. The van der Waals surface area contributed by atoms with E-state index in [9.17, 15) is 8.42 Å². The van der Waals surface area contributed by atoms with Gasteiger partial charge in [-0.1, -0.05) is 31.2 Å². The van der Waals surface area contributed by atoms with Crippen LogP contribution in [0.1, 0.15) is 25.0 Å². The van der Waals surface area contributed by atoms with Crippen LogP contribution in [0.3, 0.4) is 0 Å². The number of thioether (sulfide) groups is 1. The summed E-state index contributed by atoms with van der Waals surface area (Å²) in [5.74, 6) is 0.927. The van der Waals surface area contributed by atoms with Gasteiger partial charge >= 0.3 is 0 Å². The minimum atomic E-state index is -3.26. The predicted molar refractivity (Wildman–Crippen MR) is 85.0 cm³/mol. The van der Waals surface area contributed by atoms with Crippen LogP contribution in [0.5, 0.6) is 0 Å². The highest BCUT2D eigenvalue weighted by atomic mass is 32.2. The molecule has 2 rings (SSSR count). The molecule has 0 saturated carbocycles. The summed E-state index contributed by atoms with van der Waals surface area (Å²) < 4.78 is 26.8. The minimum Gasteiger partial charge on any atom is -0.326 e. The number of benzene rings is 1. The first-order chi connectivity index (χ1) is 9.44. The van der Waals surface area contributed by atoms with Crippen LogP contribution in [0.15, 0.2) is 24.3 Å². The molecule has 0 amide bonds. The largest absolute Gasteiger partial charge is 0.326 e. The zero-order valence-corrected chi connectivity index (χ0v) is 13.6. The van der Waals surface area contributed by atoms with E-state index in [-0.39, 0.29) is 11.8 Å². The van der Waals surface area contributed by atoms with E-state index >= 15 is 0 Å². The van der Waals surface area contributed by atoms with Gasteiger partial charge in [0.25, 0.3) is 0 Å². The summed E-state index contributed by atoms with van der Waals surface area (Å²) in [6.45, 7) is 5.12. The Kier molecular flexibility index (Phi) is 5.12. The Balaban J connectivity index is 2.17. The molecule has 20 heavy (non-hydrogen) atoms. The van der Waals surface area contributed by atoms with Crippen molar-refractivity contribution in [3.63, 3.8) is 0 Å². The molecule has 2 N–H and O–H groups in total. The van der Waals surface area contributed by atoms with Gasteiger partial charge in [0.15, 0.2) is 0 Å². The normalized spacial score (nSPS) is 24.8. The molecule has 0 spiro atoms. The third-order valence-electron chi connectivity index (χ3n) is 3.76. The first-order valence-electron chi connectivity index (χ1n) is 6.83. The van der Waals surface area contributed by atoms with E-state index < -0.39 is 10.0 Å². The number of nitrogens with zero attached hydrogens (tertiary/aromatic N) is 1. The monoisotopic (exact) mass is 314 g/mol. The molecule has 1 aliphatic rings. The second-order valence-corrected chi connectivity index (χ2v) is 8.61. The van der Waals surface area contributed by atoms with E-state index in [1.54, 1.807) is 4.31 Å². The predicted octanol–water partition coefficient (Wildman–Crippen LogP) is 1.80. The number of hydrogen-bond donors (Lipinski definition) is 1. The van der Waals surface area contributed by atoms with Crippen molar-refractivity contribution in [3.05, 3.63) is 35.4 Å². The second kappa shape index (κ2) is 6.47. The molecule has 1 saturated heterocycles. The van der Waals surface area contributed by atoms with Gasteiger partial charge in [-0.25, -0.2) is 8.42 Å². The molecular formula is C14H22N2O2S2. The highest BCUT2D eigenvalue weighted by molar-refractivity contribution is 8.00. The Morgan fingerprint density at radius 1 is 1.35 bits per heavy atom. The molecule has 0 bridgehead atoms. The fourth-order valence-corrected chi connectivity index (χ4v) is 5.56. The molecule has 2 atom stereocenters. The molecule has 6 heteroatoms. The lowest BCUT2D eigenvalue weighted by Gasteiger charge is -2.36. The Labute approximate surface area is 125 Å². The smallest absolute Gasteiger partial charge is 0.218 e. The number of rotatable bonds is 4. The fraction of sp³-hybridized carbons (Fsp3) is 0.571. The van der Waals surface area contributed by atoms with Crippen LogP contribution in [-0.4, -0.2) is 36.3 Å². The summed E-state index contributed by atoms with van der Waals surface area (Å²) in [6, 6.07) is 7.56. The Morgan fingerprint density at radius 3 is 2.75 bits per heavy atom. The molecule has 1 heterocycles. The number of sulfonamides is 1. The van der Waals surface area contributed by atoms with Crippen LogP contribution in [0.25, 0.3) is 0 Å². The van der Waals surface area contributed by atoms with Crippen molar-refractivity contribution >= 4 is 21.8 Å². The molecule has 0 aromatic heterocycles. The Hall–Kier alpha value is -0.560. The molecule has 1 aliphatic heterocycles. The zero-order chi connectivity index (χ0) is 14.8. The molecule has 0 radical (unpaired) electrons. The quantitative estimate of drug-likeness (QED) is 0.920. The van der Waals surface area contributed by atoms with Gasteiger partial charge in [0.2, 0.25) is 10.0 Å². The van der Waals surface area contributed by atoms with Crippen molar-refractivity contribution in [3.8, 4) is 0 Å². The lowest BCUT2D eigenvalue weighted by molar-refractivity contribution is 0.340. The zero-order valence-electron chi connectivity index (χ0n) is 12.0. The fourth-order valence-electron chi connectivity index (χ4n) is 2.44. The van der Waals surface area contributed by atoms with Gasteiger partial charge in [-0.05, 0) is 18.1 Å². The van der Waals surface area contributed by atoms with Crippen LogP contribution in [0.2, 0.25) is 0 Å². The van der Waals surface area contributed by atoms with Crippen LogP contribution in [-0.2, 0) is 22.3 Å². The Morgan fingerprint density at radius 2 is 2.05 bits per heavy atom. The van der Waals surface area contributed by atoms with E-state index in [4.69, 9.17) is 5.73 Å². The molecule has 0 aliphatic carbocycles. The van der Waals surface area contributed by atoms with Gasteiger partial charge in [-0.3, -0.25) is 0 Å². The average Bonchev–Trinajstić information content (AvgIpc) is 2.41. The topological polar surface area (TPSA) is 63.4 Å². The van der Waals surface area contributed by atoms with Gasteiger partial charge in [-0.2, -0.15) is 16.1 Å². The van der Waals surface area contributed by atoms with Crippen LogP contribution in [0, 0.1) is 0 Å². The van der Waals surface area contributed by atoms with E-state index in [0.29, 0.717) is 18.3 Å². The van der Waals surface area contributed by atoms with E-state index in [0.717, 1.165) is 16.9 Å². The van der Waals surface area contributed by atoms with Crippen LogP contribution < -0.4 is 5.73 Å². The van der Waals surface area contributed by atoms with Gasteiger partial charge in [0.05, 0.1) is 5.75 Å². The summed E-state index contributed by atoms with van der Waals surface area (Å²) >= 11 is 1.84. The summed E-state index contributed by atoms with van der Waals surface area (Å²) in [4.78, 5) is 0. The van der Waals surface area contributed by atoms with Crippen LogP contribution in [0.4, 0.5) is 0 Å². The standard InChI is InChI=1S/C14H22N2O2S2/c1-11-12(2)19-7-6-16(11)20(17,18)10-14-5-3-4-13(8-14)9-15/h3-5,8,11-12H,6-7,9-10,15H2,1-2H3. The van der Waals surface area contributed by atoms with E-state index in [1.807, 2.05) is 43.0 Å². The SMILES string of the molecule is CC1SCCN(S(=O)(=O)Cc2cccc(CN)c2)C1C. The van der Waals surface area contributed by atoms with Crippen molar-refractivity contribution in [2.45, 2.75) is 37.4 Å². The molecule has 4 nitrogen and oxygen atoms in total. The van der Waals surface area contributed by atoms with Crippen molar-refractivity contribution in [2.24, 2.45) is 5.73 Å². The maximum atomic E-state index is 12.6. The molecule has 1 fully saturated rings. The van der Waals surface area contributed by atoms with Crippen LogP contribution >= 0.6 is 11.8 Å². The summed E-state index contributed by atoms with van der Waals surface area (Å²) in [5.41, 5.74) is 7.38. The third-order valence-corrected chi connectivity index (χ3v) is 7.03. The molecule has 1 aromatic rings. The second-order valence-electron chi connectivity index (χ2n) is 5.21. The van der Waals surface area contributed by atoms with E-state index in [1.165, 1.54) is 0 Å². The summed E-state index contributed by atoms with van der Waals surface area (Å²) in [5, 5.41) is 0.342. The van der Waals surface area contributed by atoms with E-state index in [2.05, 4.69) is 6.92 Å². The average molecular weight is 314 g/mol. The van der Waals surface area contributed by atoms with Gasteiger partial charge in [0, 0.05) is 30.1 Å². The van der Waals surface area contributed by atoms with Crippen molar-refractivity contribution in [2.75, 3.05) is 12.3 Å². The molecular weight excluding hydrogens is 292 g/mol. The maximum absolute atomic E-state index is 12.6. The number of nitrogens with two attached hydrogens (primary N) is 1. The minimum absolute atomic E-state index is 0.0523. The van der Waals surface area contributed by atoms with Crippen molar-refractivity contribution < 1.29 is 8.42 Å². The highest BCUT2D eigenvalue weighted by Gasteiger charge is 2.33. The van der Waals surface area contributed by atoms with Gasteiger partial charge < -0.3 is 5.73 Å². The highest BCUT2D eigenvalue weighted by Crippen LogP contribution is 2.27. The van der Waals surface area contributed by atoms with Gasteiger partial charge in [-0.15, -0.1) is 0 Å². The number of hydrogen-bond acceptors (Lipinski definition) is 4. The first-order valence-corrected chi connectivity index (χ1v) is 9.49. The maximum Gasteiger partial charge on any atom is 0.218 e. The molecule has 2 unspecified atom stereocenters. The molecule has 112 valence electrons. The van der Waals surface area contributed by atoms with Crippen molar-refractivity contribution in [1.82, 2.24) is 4.31 Å². The first kappa shape index (κ1) is 15.8. The molecule has 1 aromatic carbocycles. The van der Waals surface area contributed by atoms with Gasteiger partial charge in [0.1, 0.15) is 0 Å². The summed E-state index contributed by atoms with van der Waals surface area (Å²) in [7, 11) is -3.26. The van der Waals surface area contributed by atoms with Crippen molar-refractivity contribution in [1.29, 1.82) is 0 Å². The lowest BCUT2D eigenvalue weighted by Crippen LogP contribution is -2.48. The lowest BCUT2D eigenvalue weighted by atomic mass is 10.1. The summed E-state index contributed by atoms with van der Waals surface area (Å²) in [6.07, 6.45) is 0. The third kappa shape index (κ3) is 3.55.